The number of rotatable bonds is 6. The van der Waals surface area contributed by atoms with Crippen molar-refractivity contribution in [3.05, 3.63) is 218 Å². The maximum absolute atomic E-state index is 2.58. The summed E-state index contributed by atoms with van der Waals surface area (Å²) >= 11 is 0. The van der Waals surface area contributed by atoms with E-state index in [1.807, 2.05) is 0 Å². The van der Waals surface area contributed by atoms with E-state index in [0.29, 0.717) is 0 Å². The lowest BCUT2D eigenvalue weighted by molar-refractivity contribution is 1.16. The summed E-state index contributed by atoms with van der Waals surface area (Å²) in [4.78, 5) is 2.42. The smallest absolute Gasteiger partial charge is 0.0620 e. The van der Waals surface area contributed by atoms with Crippen molar-refractivity contribution in [2.75, 3.05) is 4.90 Å². The lowest BCUT2D eigenvalue weighted by Gasteiger charge is -2.27. The molecule has 0 N–H and O–H groups in total. The van der Waals surface area contributed by atoms with Crippen molar-refractivity contribution in [1.82, 2.24) is 4.57 Å². The zero-order valence-corrected chi connectivity index (χ0v) is 31.7. The van der Waals surface area contributed by atoms with Gasteiger partial charge in [-0.15, -0.1) is 0 Å². The predicted molar refractivity (Wildman–Crippen MR) is 248 cm³/mol. The number of fused-ring (bicyclic) bond motifs is 4. The fraction of sp³-hybridized carbons (Fsp3) is 0. The van der Waals surface area contributed by atoms with Crippen molar-refractivity contribution < 1.29 is 0 Å². The Morgan fingerprint density at radius 1 is 0.328 bits per heavy atom. The fourth-order valence-electron chi connectivity index (χ4n) is 9.56. The molecule has 58 heavy (non-hydrogen) atoms. The Bertz CT molecular complexity index is 3480. The first-order valence-corrected chi connectivity index (χ1v) is 20.0. The van der Waals surface area contributed by atoms with Gasteiger partial charge in [0.25, 0.3) is 0 Å². The molecule has 0 atom stereocenters. The minimum absolute atomic E-state index is 1.11. The van der Waals surface area contributed by atoms with Crippen molar-refractivity contribution in [2.24, 2.45) is 0 Å². The molecule has 0 radical (unpaired) electrons. The Morgan fingerprint density at radius 2 is 0.897 bits per heavy atom. The fourth-order valence-corrected chi connectivity index (χ4v) is 9.56. The van der Waals surface area contributed by atoms with Crippen molar-refractivity contribution in [2.45, 2.75) is 0 Å². The summed E-state index contributed by atoms with van der Waals surface area (Å²) in [6, 6.07) is 80.1. The lowest BCUT2D eigenvalue weighted by atomic mass is 9.93. The van der Waals surface area contributed by atoms with Crippen LogP contribution in [0, 0.1) is 0 Å². The standard InChI is InChI=1S/C56H36N2/c1-4-15-38(16-5-1)54-49-34-33-46-47(24-13-25-50(46)57(44-22-8-3-9-23-44)45-31-28-37-14-10-11-19-43(37)36-45)56(49)58(55(54)42-17-6-2-7-18-42)51-35-30-41-27-26-39-20-12-21-40-29-32-48(51)53(41)52(39)40/h1-36H. The molecule has 11 aromatic carbocycles. The highest BCUT2D eigenvalue weighted by Gasteiger charge is 2.26. The number of anilines is 3. The van der Waals surface area contributed by atoms with Gasteiger partial charge in [0.1, 0.15) is 0 Å². The Morgan fingerprint density at radius 3 is 1.67 bits per heavy atom. The maximum Gasteiger partial charge on any atom is 0.0620 e. The highest BCUT2D eigenvalue weighted by molar-refractivity contribution is 6.26. The number of para-hydroxylation sites is 1. The molecule has 0 aliphatic carbocycles. The molecule has 2 nitrogen and oxygen atoms in total. The number of nitrogens with zero attached hydrogens (tertiary/aromatic N) is 2. The van der Waals surface area contributed by atoms with E-state index >= 15 is 0 Å². The summed E-state index contributed by atoms with van der Waals surface area (Å²) in [6.45, 7) is 0. The minimum Gasteiger partial charge on any atom is -0.310 e. The zero-order chi connectivity index (χ0) is 38.2. The van der Waals surface area contributed by atoms with E-state index in [9.17, 15) is 0 Å². The van der Waals surface area contributed by atoms with Crippen LogP contribution in [0.2, 0.25) is 0 Å². The SMILES string of the molecule is c1ccc(-c2c(-c3ccccc3)n(-c3ccc4ccc5cccc6ccc3c4c56)c3c2ccc2c(N(c4ccccc4)c4ccc5ccccc5c4)cccc23)cc1. The van der Waals surface area contributed by atoms with Crippen LogP contribution in [0.5, 0.6) is 0 Å². The molecule has 1 aromatic heterocycles. The zero-order valence-electron chi connectivity index (χ0n) is 31.7. The summed E-state index contributed by atoms with van der Waals surface area (Å²) in [5.74, 6) is 0. The quantitative estimate of drug-likeness (QED) is 0.154. The molecule has 2 heteroatoms. The number of hydrogen-bond donors (Lipinski definition) is 0. The van der Waals surface area contributed by atoms with Gasteiger partial charge in [-0.25, -0.2) is 0 Å². The number of aromatic nitrogens is 1. The molecule has 0 aliphatic rings. The summed E-state index contributed by atoms with van der Waals surface area (Å²) in [7, 11) is 0. The van der Waals surface area contributed by atoms with Crippen LogP contribution < -0.4 is 4.90 Å². The van der Waals surface area contributed by atoms with E-state index in [4.69, 9.17) is 0 Å². The van der Waals surface area contributed by atoms with Crippen molar-refractivity contribution in [1.29, 1.82) is 0 Å². The first-order valence-electron chi connectivity index (χ1n) is 20.0. The maximum atomic E-state index is 2.58. The molecule has 0 saturated carbocycles. The van der Waals surface area contributed by atoms with E-state index in [1.54, 1.807) is 0 Å². The monoisotopic (exact) mass is 736 g/mol. The molecule has 0 fully saturated rings. The first-order chi connectivity index (χ1) is 28.8. The van der Waals surface area contributed by atoms with Crippen LogP contribution >= 0.6 is 0 Å². The molecule has 0 amide bonds. The third-order valence-electron chi connectivity index (χ3n) is 12.1. The van der Waals surface area contributed by atoms with E-state index in [0.717, 1.165) is 17.1 Å². The Labute approximate surface area is 336 Å². The van der Waals surface area contributed by atoms with Gasteiger partial charge in [-0.3, -0.25) is 0 Å². The van der Waals surface area contributed by atoms with Crippen LogP contribution in [0.1, 0.15) is 0 Å². The third-order valence-corrected chi connectivity index (χ3v) is 12.1. The molecule has 270 valence electrons. The molecule has 12 rings (SSSR count). The second-order valence-electron chi connectivity index (χ2n) is 15.3. The second-order valence-corrected chi connectivity index (χ2v) is 15.3. The van der Waals surface area contributed by atoms with Gasteiger partial charge in [0.15, 0.2) is 0 Å². The van der Waals surface area contributed by atoms with Crippen molar-refractivity contribution in [3.8, 4) is 28.1 Å². The molecule has 0 unspecified atom stereocenters. The summed E-state index contributed by atoms with van der Waals surface area (Å²) in [6.07, 6.45) is 0. The van der Waals surface area contributed by atoms with Gasteiger partial charge >= 0.3 is 0 Å². The first kappa shape index (κ1) is 32.6. The van der Waals surface area contributed by atoms with Gasteiger partial charge in [0.2, 0.25) is 0 Å². The second kappa shape index (κ2) is 12.9. The highest BCUT2D eigenvalue weighted by atomic mass is 15.1. The average Bonchev–Trinajstić information content (AvgIpc) is 3.65. The summed E-state index contributed by atoms with van der Waals surface area (Å²) in [5, 5.41) is 13.7. The van der Waals surface area contributed by atoms with Gasteiger partial charge in [0.05, 0.1) is 22.6 Å². The molecule has 0 bridgehead atoms. The molecule has 0 spiro atoms. The van der Waals surface area contributed by atoms with Gasteiger partial charge in [-0.2, -0.15) is 0 Å². The van der Waals surface area contributed by atoms with Crippen molar-refractivity contribution in [3.63, 3.8) is 0 Å². The van der Waals surface area contributed by atoms with Crippen LogP contribution in [-0.2, 0) is 0 Å². The largest absolute Gasteiger partial charge is 0.310 e. The van der Waals surface area contributed by atoms with Gasteiger partial charge in [-0.1, -0.05) is 182 Å². The minimum atomic E-state index is 1.11. The van der Waals surface area contributed by atoms with Crippen LogP contribution in [0.3, 0.4) is 0 Å². The van der Waals surface area contributed by atoms with E-state index in [1.165, 1.54) is 92.8 Å². The summed E-state index contributed by atoms with van der Waals surface area (Å²) in [5.41, 5.74) is 10.5. The molecule has 0 saturated heterocycles. The Balaban J connectivity index is 1.24. The van der Waals surface area contributed by atoms with E-state index < -0.39 is 0 Å². The summed E-state index contributed by atoms with van der Waals surface area (Å²) < 4.78 is 2.58. The lowest BCUT2D eigenvalue weighted by Crippen LogP contribution is -2.10. The number of hydrogen-bond acceptors (Lipinski definition) is 1. The van der Waals surface area contributed by atoms with Gasteiger partial charge in [0, 0.05) is 38.5 Å². The topological polar surface area (TPSA) is 8.17 Å². The predicted octanol–water partition coefficient (Wildman–Crippen LogP) is 15.6. The third kappa shape index (κ3) is 4.92. The molecular weight excluding hydrogens is 701 g/mol. The molecule has 12 aromatic rings. The van der Waals surface area contributed by atoms with Gasteiger partial charge < -0.3 is 9.47 Å². The van der Waals surface area contributed by atoms with E-state index in [2.05, 4.69) is 228 Å². The Hall–Kier alpha value is -7.68. The molecule has 0 aliphatic heterocycles. The van der Waals surface area contributed by atoms with Gasteiger partial charge in [-0.05, 0) is 85.2 Å². The van der Waals surface area contributed by atoms with Crippen LogP contribution in [0.4, 0.5) is 17.1 Å². The van der Waals surface area contributed by atoms with Crippen LogP contribution in [0.15, 0.2) is 218 Å². The Kier molecular flexibility index (Phi) is 7.26. The highest BCUT2D eigenvalue weighted by Crippen LogP contribution is 2.49. The normalized spacial score (nSPS) is 11.8. The molecular formula is C56H36N2. The number of benzene rings is 11. The van der Waals surface area contributed by atoms with Crippen molar-refractivity contribution >= 4 is 81.8 Å². The van der Waals surface area contributed by atoms with Crippen LogP contribution in [-0.4, -0.2) is 4.57 Å². The molecule has 1 heterocycles. The van der Waals surface area contributed by atoms with Crippen LogP contribution in [0.25, 0.3) is 92.8 Å². The average molecular weight is 737 g/mol. The van der Waals surface area contributed by atoms with E-state index in [-0.39, 0.29) is 0 Å².